The minimum absolute atomic E-state index is 0.0727. The van der Waals surface area contributed by atoms with Crippen LogP contribution in [0.5, 0.6) is 0 Å². The third-order valence-corrected chi connectivity index (χ3v) is 4.96. The minimum Gasteiger partial charge on any atom is -0.480 e. The van der Waals surface area contributed by atoms with E-state index in [1.165, 1.54) is 18.2 Å². The van der Waals surface area contributed by atoms with Crippen LogP contribution < -0.4 is 4.72 Å². The summed E-state index contributed by atoms with van der Waals surface area (Å²) in [5.41, 5.74) is -1.19. The lowest BCUT2D eigenvalue weighted by Gasteiger charge is -2.14. The molecule has 0 amide bonds. The summed E-state index contributed by atoms with van der Waals surface area (Å²) < 4.78 is 65.2. The molecule has 2 rings (SSSR count). The Morgan fingerprint density at radius 1 is 1.12 bits per heavy atom. The molecule has 134 valence electrons. The maximum Gasteiger partial charge on any atom is 0.416 e. The molecule has 2 aromatic rings. The molecule has 0 saturated carbocycles. The van der Waals surface area contributed by atoms with Gasteiger partial charge < -0.3 is 5.11 Å². The number of sulfonamides is 1. The molecule has 0 saturated heterocycles. The van der Waals surface area contributed by atoms with Crippen LogP contribution >= 0.6 is 11.6 Å². The van der Waals surface area contributed by atoms with Crippen LogP contribution in [0.4, 0.5) is 13.2 Å². The molecule has 0 heterocycles. The smallest absolute Gasteiger partial charge is 0.416 e. The topological polar surface area (TPSA) is 83.5 Å². The molecule has 0 bridgehead atoms. The molecule has 25 heavy (non-hydrogen) atoms. The number of halogens is 4. The molecule has 0 unspecified atom stereocenters. The van der Waals surface area contributed by atoms with E-state index in [0.29, 0.717) is 0 Å². The number of carboxylic acid groups (broad SMARTS) is 1. The van der Waals surface area contributed by atoms with Gasteiger partial charge in [0.1, 0.15) is 6.54 Å². The van der Waals surface area contributed by atoms with E-state index in [4.69, 9.17) is 16.7 Å². The van der Waals surface area contributed by atoms with Crippen LogP contribution in [0.25, 0.3) is 11.1 Å². The fourth-order valence-electron chi connectivity index (χ4n) is 2.07. The van der Waals surface area contributed by atoms with E-state index in [2.05, 4.69) is 0 Å². The van der Waals surface area contributed by atoms with Crippen molar-refractivity contribution in [3.63, 3.8) is 0 Å². The minimum atomic E-state index is -4.63. The van der Waals surface area contributed by atoms with Crippen molar-refractivity contribution in [1.29, 1.82) is 0 Å². The van der Waals surface area contributed by atoms with Gasteiger partial charge in [-0.15, -0.1) is 0 Å². The van der Waals surface area contributed by atoms with Crippen molar-refractivity contribution in [2.75, 3.05) is 6.54 Å². The second-order valence-electron chi connectivity index (χ2n) is 4.91. The number of nitrogens with one attached hydrogen (secondary N) is 1. The third kappa shape index (κ3) is 4.50. The summed E-state index contributed by atoms with van der Waals surface area (Å²) in [4.78, 5) is 10.2. The zero-order chi connectivity index (χ0) is 18.8. The lowest BCUT2D eigenvalue weighted by atomic mass is 10.0. The maximum absolute atomic E-state index is 12.9. The molecule has 0 radical (unpaired) electrons. The second-order valence-corrected chi connectivity index (χ2v) is 7.05. The van der Waals surface area contributed by atoms with Crippen LogP contribution in [0.1, 0.15) is 5.56 Å². The molecule has 0 aliphatic heterocycles. The highest BCUT2D eigenvalue weighted by molar-refractivity contribution is 7.89. The number of hydrogen-bond donors (Lipinski definition) is 2. The average Bonchev–Trinajstić information content (AvgIpc) is 2.52. The number of benzene rings is 2. The number of rotatable bonds is 5. The zero-order valence-electron chi connectivity index (χ0n) is 12.3. The van der Waals surface area contributed by atoms with E-state index in [1.807, 2.05) is 4.72 Å². The predicted octanol–water partition coefficient (Wildman–Crippen LogP) is 3.39. The Balaban J connectivity index is 2.61. The predicted molar refractivity (Wildman–Crippen MR) is 84.7 cm³/mol. The Hall–Kier alpha value is -2.10. The van der Waals surface area contributed by atoms with Gasteiger partial charge in [-0.2, -0.15) is 17.9 Å². The van der Waals surface area contributed by atoms with Crippen LogP contribution in [0.3, 0.4) is 0 Å². The Morgan fingerprint density at radius 3 is 2.36 bits per heavy atom. The number of carbonyl (C=O) groups is 1. The molecule has 2 N–H and O–H groups in total. The Morgan fingerprint density at radius 2 is 1.76 bits per heavy atom. The zero-order valence-corrected chi connectivity index (χ0v) is 13.9. The molecule has 0 aliphatic carbocycles. The highest BCUT2D eigenvalue weighted by atomic mass is 35.5. The monoisotopic (exact) mass is 393 g/mol. The van der Waals surface area contributed by atoms with Gasteiger partial charge in [-0.1, -0.05) is 29.8 Å². The molecule has 5 nitrogen and oxygen atoms in total. The third-order valence-electron chi connectivity index (χ3n) is 3.17. The van der Waals surface area contributed by atoms with Crippen molar-refractivity contribution >= 4 is 27.6 Å². The fraction of sp³-hybridized carbons (Fsp3) is 0.133. The lowest BCUT2D eigenvalue weighted by Crippen LogP contribution is -2.29. The quantitative estimate of drug-likeness (QED) is 0.815. The summed E-state index contributed by atoms with van der Waals surface area (Å²) >= 11 is 5.95. The van der Waals surface area contributed by atoms with Crippen molar-refractivity contribution in [2.45, 2.75) is 11.1 Å². The van der Waals surface area contributed by atoms with Crippen LogP contribution in [0.2, 0.25) is 5.02 Å². The van der Waals surface area contributed by atoms with Gasteiger partial charge in [0.2, 0.25) is 10.0 Å². The van der Waals surface area contributed by atoms with Crippen molar-refractivity contribution in [3.8, 4) is 11.1 Å². The first-order valence-electron chi connectivity index (χ1n) is 6.70. The standard InChI is InChI=1S/C15H11ClF3NO4S/c16-12-6-5-9(15(17,18)19)7-11(12)10-3-1-2-4-13(10)25(23,24)20-8-14(21)22/h1-7,20H,8H2,(H,21,22). The lowest BCUT2D eigenvalue weighted by molar-refractivity contribution is -0.137. The Labute approximate surface area is 146 Å². The van der Waals surface area contributed by atoms with Gasteiger partial charge in [0, 0.05) is 16.1 Å². The first-order valence-corrected chi connectivity index (χ1v) is 8.56. The first-order chi connectivity index (χ1) is 11.5. The molecule has 0 spiro atoms. The van der Waals surface area contributed by atoms with Crippen molar-refractivity contribution in [1.82, 2.24) is 4.72 Å². The normalized spacial score (nSPS) is 12.2. The molecule has 0 aliphatic rings. The molecule has 0 aromatic heterocycles. The van der Waals surface area contributed by atoms with Crippen molar-refractivity contribution in [3.05, 3.63) is 53.1 Å². The van der Waals surface area contributed by atoms with E-state index >= 15 is 0 Å². The summed E-state index contributed by atoms with van der Waals surface area (Å²) in [5, 5.41) is 8.53. The highest BCUT2D eigenvalue weighted by Crippen LogP contribution is 2.38. The van der Waals surface area contributed by atoms with Gasteiger partial charge in [-0.3, -0.25) is 4.79 Å². The summed E-state index contributed by atoms with van der Waals surface area (Å²) in [6, 6.07) is 7.78. The molecule has 10 heteroatoms. The fourth-order valence-corrected chi connectivity index (χ4v) is 3.48. The Kier molecular flexibility index (Phi) is 5.40. The van der Waals surface area contributed by atoms with Crippen molar-refractivity contribution in [2.24, 2.45) is 0 Å². The molecule has 0 fully saturated rings. The van der Waals surface area contributed by atoms with E-state index in [-0.39, 0.29) is 21.0 Å². The van der Waals surface area contributed by atoms with E-state index < -0.39 is 34.3 Å². The number of carboxylic acids is 1. The van der Waals surface area contributed by atoms with Gasteiger partial charge in [-0.05, 0) is 24.3 Å². The molecular weight excluding hydrogens is 383 g/mol. The summed E-state index contributed by atoms with van der Waals surface area (Å²) in [6.45, 7) is -0.868. The number of aliphatic carboxylic acids is 1. The van der Waals surface area contributed by atoms with Crippen LogP contribution in [0.15, 0.2) is 47.4 Å². The molecule has 2 aromatic carbocycles. The summed E-state index contributed by atoms with van der Waals surface area (Å²) in [5.74, 6) is -1.40. The molecule has 0 atom stereocenters. The first kappa shape index (κ1) is 19.2. The second kappa shape index (κ2) is 7.03. The van der Waals surface area contributed by atoms with E-state index in [0.717, 1.165) is 24.3 Å². The van der Waals surface area contributed by atoms with Crippen molar-refractivity contribution < 1.29 is 31.5 Å². The van der Waals surface area contributed by atoms with Gasteiger partial charge in [0.15, 0.2) is 0 Å². The summed E-state index contributed by atoms with van der Waals surface area (Å²) in [6.07, 6.45) is -4.63. The van der Waals surface area contributed by atoms with Gasteiger partial charge >= 0.3 is 12.1 Å². The van der Waals surface area contributed by atoms with Gasteiger partial charge in [0.25, 0.3) is 0 Å². The van der Waals surface area contributed by atoms with E-state index in [9.17, 15) is 26.4 Å². The van der Waals surface area contributed by atoms with Crippen LogP contribution in [0, 0.1) is 0 Å². The van der Waals surface area contributed by atoms with Gasteiger partial charge in [0.05, 0.1) is 10.5 Å². The molecular formula is C15H11ClF3NO4S. The SMILES string of the molecule is O=C(O)CNS(=O)(=O)c1ccccc1-c1cc(C(F)(F)F)ccc1Cl. The number of alkyl halides is 3. The van der Waals surface area contributed by atoms with Crippen LogP contribution in [-0.2, 0) is 21.0 Å². The maximum atomic E-state index is 12.9. The van der Waals surface area contributed by atoms with E-state index in [1.54, 1.807) is 0 Å². The van der Waals surface area contributed by atoms with Crippen LogP contribution in [-0.4, -0.2) is 26.0 Å². The number of hydrogen-bond acceptors (Lipinski definition) is 3. The Bertz CT molecular complexity index is 913. The van der Waals surface area contributed by atoms with Gasteiger partial charge in [-0.25, -0.2) is 8.42 Å². The average molecular weight is 394 g/mol. The largest absolute Gasteiger partial charge is 0.480 e. The highest BCUT2D eigenvalue weighted by Gasteiger charge is 2.31. The summed E-state index contributed by atoms with van der Waals surface area (Å²) in [7, 11) is -4.27.